The average molecular weight is 353 g/mol. The zero-order valence-corrected chi connectivity index (χ0v) is 13.6. The molecular weight excluding hydrogens is 335 g/mol. The van der Waals surface area contributed by atoms with Crippen molar-refractivity contribution in [1.82, 2.24) is 25.3 Å². The van der Waals surface area contributed by atoms with Crippen molar-refractivity contribution in [3.63, 3.8) is 0 Å². The highest BCUT2D eigenvalue weighted by molar-refractivity contribution is 5.50. The molecule has 0 saturated carbocycles. The van der Waals surface area contributed by atoms with E-state index in [1.54, 1.807) is 0 Å². The van der Waals surface area contributed by atoms with Crippen molar-refractivity contribution in [2.24, 2.45) is 0 Å². The van der Waals surface area contributed by atoms with Crippen LogP contribution in [0.15, 0.2) is 6.07 Å². The zero-order valence-electron chi connectivity index (χ0n) is 13.6. The fraction of sp³-hybridized carbons (Fsp3) is 0.467. The Hall–Kier alpha value is -2.49. The Morgan fingerprint density at radius 2 is 2.04 bits per heavy atom. The van der Waals surface area contributed by atoms with Crippen molar-refractivity contribution < 1.29 is 13.2 Å². The number of alkyl halides is 3. The van der Waals surface area contributed by atoms with Crippen molar-refractivity contribution in [3.8, 4) is 0 Å². The fourth-order valence-electron chi connectivity index (χ4n) is 2.70. The van der Waals surface area contributed by atoms with Crippen LogP contribution in [0.4, 0.5) is 24.9 Å². The number of anilines is 2. The van der Waals surface area contributed by atoms with Crippen LogP contribution in [-0.2, 0) is 25.6 Å². The number of nitrogens with two attached hydrogens (primary N) is 1. The first-order valence-corrected chi connectivity index (χ1v) is 7.84. The van der Waals surface area contributed by atoms with E-state index in [1.165, 1.54) is 6.92 Å². The Bertz CT molecular complexity index is 776. The molecule has 25 heavy (non-hydrogen) atoms. The van der Waals surface area contributed by atoms with Crippen LogP contribution in [0.2, 0.25) is 0 Å². The number of aromatic nitrogens is 4. The number of hydrogen-bond donors (Lipinski definition) is 3. The number of nitrogen functional groups attached to an aromatic ring is 1. The highest BCUT2D eigenvalue weighted by atomic mass is 19.4. The maximum absolute atomic E-state index is 12.8. The van der Waals surface area contributed by atoms with Gasteiger partial charge in [0.25, 0.3) is 0 Å². The van der Waals surface area contributed by atoms with Gasteiger partial charge in [-0.1, -0.05) is 0 Å². The largest absolute Gasteiger partial charge is 0.433 e. The molecule has 2 aromatic rings. The van der Waals surface area contributed by atoms with E-state index in [0.29, 0.717) is 18.9 Å². The molecule has 1 aliphatic rings. The number of halogens is 3. The molecule has 1 aliphatic heterocycles. The fourth-order valence-corrected chi connectivity index (χ4v) is 2.70. The summed E-state index contributed by atoms with van der Waals surface area (Å²) in [4.78, 5) is 16.1. The third-order valence-corrected chi connectivity index (χ3v) is 3.79. The van der Waals surface area contributed by atoms with Crippen molar-refractivity contribution in [2.45, 2.75) is 32.5 Å². The second-order valence-corrected chi connectivity index (χ2v) is 5.77. The van der Waals surface area contributed by atoms with Crippen molar-refractivity contribution in [1.29, 1.82) is 0 Å². The van der Waals surface area contributed by atoms with Crippen LogP contribution in [0, 0.1) is 6.92 Å². The normalized spacial score (nSPS) is 14.2. The molecule has 0 fully saturated rings. The van der Waals surface area contributed by atoms with Crippen LogP contribution < -0.4 is 16.4 Å². The van der Waals surface area contributed by atoms with E-state index < -0.39 is 11.9 Å². The molecule has 0 spiro atoms. The lowest BCUT2D eigenvalue weighted by Crippen LogP contribution is -2.27. The third kappa shape index (κ3) is 4.13. The molecule has 0 bridgehead atoms. The molecule has 0 aromatic carbocycles. The Morgan fingerprint density at radius 1 is 1.24 bits per heavy atom. The standard InChI is InChI=1S/C15H18F3N7/c1-8-6-11(15(16,17)18)24-12(22-8)3-5-21-13-9-2-4-20-7-10(9)23-14(19)25-13/h6,20H,2-5,7H2,1H3,(H3,19,21,23,25). The molecular formula is C15H18F3N7. The lowest BCUT2D eigenvalue weighted by Gasteiger charge is -2.19. The van der Waals surface area contributed by atoms with E-state index in [0.717, 1.165) is 30.3 Å². The summed E-state index contributed by atoms with van der Waals surface area (Å²) in [7, 11) is 0. The Balaban J connectivity index is 1.72. The molecule has 4 N–H and O–H groups in total. The van der Waals surface area contributed by atoms with Gasteiger partial charge in [-0.3, -0.25) is 0 Å². The summed E-state index contributed by atoms with van der Waals surface area (Å²) in [6, 6.07) is 0.936. The highest BCUT2D eigenvalue weighted by Crippen LogP contribution is 2.28. The quantitative estimate of drug-likeness (QED) is 0.765. The van der Waals surface area contributed by atoms with E-state index in [4.69, 9.17) is 5.73 Å². The zero-order chi connectivity index (χ0) is 18.0. The summed E-state index contributed by atoms with van der Waals surface area (Å²) in [6.07, 6.45) is -3.48. The van der Waals surface area contributed by atoms with Gasteiger partial charge >= 0.3 is 6.18 Å². The minimum absolute atomic E-state index is 0.136. The number of nitrogens with one attached hydrogen (secondary N) is 2. The van der Waals surface area contributed by atoms with Crippen LogP contribution in [0.3, 0.4) is 0 Å². The Kier molecular flexibility index (Phi) is 4.71. The summed E-state index contributed by atoms with van der Waals surface area (Å²) < 4.78 is 38.5. The number of aryl methyl sites for hydroxylation is 1. The van der Waals surface area contributed by atoms with Crippen molar-refractivity contribution in [3.05, 3.63) is 34.5 Å². The van der Waals surface area contributed by atoms with E-state index >= 15 is 0 Å². The molecule has 0 unspecified atom stereocenters. The van der Waals surface area contributed by atoms with E-state index in [2.05, 4.69) is 30.6 Å². The molecule has 7 nitrogen and oxygen atoms in total. The van der Waals surface area contributed by atoms with E-state index in [-0.39, 0.29) is 23.9 Å². The third-order valence-electron chi connectivity index (χ3n) is 3.79. The van der Waals surface area contributed by atoms with Gasteiger partial charge in [-0.2, -0.15) is 18.2 Å². The molecule has 3 rings (SSSR count). The number of rotatable bonds is 4. The van der Waals surface area contributed by atoms with Gasteiger partial charge in [-0.15, -0.1) is 0 Å². The second-order valence-electron chi connectivity index (χ2n) is 5.77. The average Bonchev–Trinajstić information content (AvgIpc) is 2.53. The van der Waals surface area contributed by atoms with Crippen molar-refractivity contribution >= 4 is 11.8 Å². The topological polar surface area (TPSA) is 102 Å². The molecule has 2 aromatic heterocycles. The van der Waals surface area contributed by atoms with Gasteiger partial charge in [0.1, 0.15) is 17.3 Å². The van der Waals surface area contributed by atoms with Gasteiger partial charge in [0.05, 0.1) is 5.69 Å². The maximum Gasteiger partial charge on any atom is 0.433 e. The first-order valence-electron chi connectivity index (χ1n) is 7.84. The number of fused-ring (bicyclic) bond motifs is 1. The summed E-state index contributed by atoms with van der Waals surface area (Å²) >= 11 is 0. The van der Waals surface area contributed by atoms with Crippen LogP contribution in [0.5, 0.6) is 0 Å². The molecule has 0 amide bonds. The summed E-state index contributed by atoms with van der Waals surface area (Å²) in [6.45, 7) is 3.29. The molecule has 3 heterocycles. The number of nitrogens with zero attached hydrogens (tertiary/aromatic N) is 4. The Morgan fingerprint density at radius 3 is 2.80 bits per heavy atom. The minimum atomic E-state index is -4.48. The summed E-state index contributed by atoms with van der Waals surface area (Å²) in [5.41, 5.74) is 6.89. The van der Waals surface area contributed by atoms with Crippen molar-refractivity contribution in [2.75, 3.05) is 24.1 Å². The second kappa shape index (κ2) is 6.79. The minimum Gasteiger partial charge on any atom is -0.369 e. The van der Waals surface area contributed by atoms with Crippen LogP contribution in [0.25, 0.3) is 0 Å². The van der Waals surface area contributed by atoms with Gasteiger partial charge in [-0.05, 0) is 26.0 Å². The van der Waals surface area contributed by atoms with E-state index in [1.807, 2.05) is 0 Å². The first-order chi connectivity index (χ1) is 11.8. The molecule has 0 saturated heterocycles. The van der Waals surface area contributed by atoms with Gasteiger partial charge in [0, 0.05) is 30.8 Å². The molecule has 0 aliphatic carbocycles. The number of hydrogen-bond acceptors (Lipinski definition) is 7. The summed E-state index contributed by atoms with van der Waals surface area (Å²) in [5, 5.41) is 6.32. The highest BCUT2D eigenvalue weighted by Gasteiger charge is 2.33. The van der Waals surface area contributed by atoms with Gasteiger partial charge in [-0.25, -0.2) is 15.0 Å². The lowest BCUT2D eigenvalue weighted by atomic mass is 10.1. The first kappa shape index (κ1) is 17.3. The van der Waals surface area contributed by atoms with Gasteiger partial charge in [0.2, 0.25) is 5.95 Å². The van der Waals surface area contributed by atoms with Crippen LogP contribution >= 0.6 is 0 Å². The monoisotopic (exact) mass is 353 g/mol. The lowest BCUT2D eigenvalue weighted by molar-refractivity contribution is -0.141. The molecule has 0 atom stereocenters. The smallest absolute Gasteiger partial charge is 0.369 e. The van der Waals surface area contributed by atoms with Crippen LogP contribution in [0.1, 0.15) is 28.5 Å². The molecule has 0 radical (unpaired) electrons. The molecule has 134 valence electrons. The maximum atomic E-state index is 12.8. The predicted octanol–water partition coefficient (Wildman–Crippen LogP) is 1.48. The van der Waals surface area contributed by atoms with E-state index in [9.17, 15) is 13.2 Å². The Labute approximate surface area is 142 Å². The molecule has 10 heteroatoms. The SMILES string of the molecule is Cc1cc(C(F)(F)F)nc(CCNc2nc(N)nc3c2CCNC3)n1. The summed E-state index contributed by atoms with van der Waals surface area (Å²) in [5.74, 6) is 0.918. The predicted molar refractivity (Wildman–Crippen MR) is 85.8 cm³/mol. The van der Waals surface area contributed by atoms with Crippen LogP contribution in [-0.4, -0.2) is 33.0 Å². The van der Waals surface area contributed by atoms with Gasteiger partial charge in [0.15, 0.2) is 0 Å². The van der Waals surface area contributed by atoms with Gasteiger partial charge < -0.3 is 16.4 Å².